The van der Waals surface area contributed by atoms with E-state index in [1.165, 1.54) is 18.4 Å². The first-order chi connectivity index (χ1) is 14.2. The maximum absolute atomic E-state index is 13.3. The molecular weight excluding hydrogens is 368 g/mol. The van der Waals surface area contributed by atoms with Gasteiger partial charge in [-0.25, -0.2) is 0 Å². The number of benzene rings is 1. The highest BCUT2D eigenvalue weighted by Crippen LogP contribution is 2.47. The van der Waals surface area contributed by atoms with Crippen LogP contribution in [0.3, 0.4) is 0 Å². The Morgan fingerprint density at radius 3 is 2.76 bits per heavy atom. The molecule has 152 valence electrons. The molecule has 1 amide bonds. The van der Waals surface area contributed by atoms with Crippen molar-refractivity contribution in [2.75, 3.05) is 26.4 Å². The van der Waals surface area contributed by atoms with Crippen molar-refractivity contribution in [1.82, 2.24) is 19.6 Å². The number of likely N-dealkylation sites (tertiary alicyclic amines) is 1. The van der Waals surface area contributed by atoms with Crippen LogP contribution >= 0.6 is 0 Å². The summed E-state index contributed by atoms with van der Waals surface area (Å²) in [5, 5.41) is 4.42. The Morgan fingerprint density at radius 1 is 1.14 bits per heavy atom. The van der Waals surface area contributed by atoms with E-state index in [2.05, 4.69) is 27.0 Å². The topological polar surface area (TPSA) is 59.8 Å². The van der Waals surface area contributed by atoms with Crippen LogP contribution in [0.1, 0.15) is 30.0 Å². The van der Waals surface area contributed by atoms with Gasteiger partial charge in [-0.1, -0.05) is 6.07 Å². The lowest BCUT2D eigenvalue weighted by Crippen LogP contribution is -2.61. The number of rotatable bonds is 3. The van der Waals surface area contributed by atoms with E-state index in [0.717, 1.165) is 36.8 Å². The van der Waals surface area contributed by atoms with Crippen molar-refractivity contribution in [2.45, 2.75) is 44.3 Å². The second-order valence-electron chi connectivity index (χ2n) is 8.77. The van der Waals surface area contributed by atoms with Gasteiger partial charge >= 0.3 is 0 Å². The molecule has 2 bridgehead atoms. The van der Waals surface area contributed by atoms with Gasteiger partial charge in [-0.15, -0.1) is 0 Å². The van der Waals surface area contributed by atoms with Gasteiger partial charge in [-0.2, -0.15) is 5.10 Å². The first-order valence-electron chi connectivity index (χ1n) is 10.6. The number of piperidine rings is 3. The number of amides is 1. The first kappa shape index (κ1) is 17.3. The largest absolute Gasteiger partial charge is 0.454 e. The molecule has 0 saturated carbocycles. The highest BCUT2D eigenvalue weighted by Gasteiger charge is 2.54. The molecule has 0 unspecified atom stereocenters. The average molecular weight is 394 g/mol. The molecule has 7 heteroatoms. The summed E-state index contributed by atoms with van der Waals surface area (Å²) in [7, 11) is 0. The fourth-order valence-electron chi connectivity index (χ4n) is 5.92. The minimum atomic E-state index is 0.181. The van der Waals surface area contributed by atoms with Gasteiger partial charge in [0.1, 0.15) is 6.54 Å². The Labute approximate surface area is 170 Å². The quantitative estimate of drug-likeness (QED) is 0.797. The molecule has 2 aromatic rings. The molecular formula is C22H26N4O3. The summed E-state index contributed by atoms with van der Waals surface area (Å²) in [4.78, 5) is 18.1. The summed E-state index contributed by atoms with van der Waals surface area (Å²) in [6.45, 7) is 5.62. The highest BCUT2D eigenvalue weighted by atomic mass is 16.7. The number of hydrogen-bond donors (Lipinski definition) is 0. The van der Waals surface area contributed by atoms with Crippen LogP contribution in [0.15, 0.2) is 30.5 Å². The molecule has 29 heavy (non-hydrogen) atoms. The summed E-state index contributed by atoms with van der Waals surface area (Å²) < 4.78 is 12.9. The fraction of sp³-hybridized carbons (Fsp3) is 0.545. The second-order valence-corrected chi connectivity index (χ2v) is 8.77. The first-order valence-corrected chi connectivity index (χ1v) is 10.6. The maximum Gasteiger partial charge on any atom is 0.244 e. The zero-order valence-corrected chi connectivity index (χ0v) is 16.7. The minimum Gasteiger partial charge on any atom is -0.454 e. The third-order valence-corrected chi connectivity index (χ3v) is 7.21. The van der Waals surface area contributed by atoms with E-state index in [9.17, 15) is 4.79 Å². The average Bonchev–Trinajstić information content (AvgIpc) is 3.46. The number of fused-ring (bicyclic) bond motifs is 3. The SMILES string of the molecule is Cc1ccn(CC(=O)N2C[C@H](c3ccc4c(c3)OCO4)[C@H]3[C@@H]2C2CCN3CC2)n1. The molecule has 7 rings (SSSR count). The standard InChI is InChI=1S/C22H26N4O3/c1-14-4-9-25(23-14)12-20(27)26-11-17(16-2-3-18-19(10-16)29-13-28-18)22-21(26)15-5-7-24(22)8-6-15/h2-4,9-10,15,17,21-22H,5-8,11-13H2,1H3/t17-,21+,22+/m1/s1. The smallest absolute Gasteiger partial charge is 0.244 e. The molecule has 6 heterocycles. The predicted octanol–water partition coefficient (Wildman–Crippen LogP) is 2.01. The fourth-order valence-corrected chi connectivity index (χ4v) is 5.92. The number of ether oxygens (including phenoxy) is 2. The molecule has 5 aliphatic rings. The monoisotopic (exact) mass is 394 g/mol. The van der Waals surface area contributed by atoms with E-state index in [4.69, 9.17) is 9.47 Å². The van der Waals surface area contributed by atoms with E-state index in [1.54, 1.807) is 4.68 Å². The molecule has 3 atom stereocenters. The number of carbonyl (C=O) groups is 1. The molecule has 0 spiro atoms. The van der Waals surface area contributed by atoms with Crippen LogP contribution in [-0.2, 0) is 11.3 Å². The van der Waals surface area contributed by atoms with Gasteiger partial charge in [0.25, 0.3) is 0 Å². The minimum absolute atomic E-state index is 0.181. The number of aryl methyl sites for hydroxylation is 1. The molecule has 1 aromatic heterocycles. The van der Waals surface area contributed by atoms with Gasteiger partial charge in [0.05, 0.1) is 11.7 Å². The maximum atomic E-state index is 13.3. The van der Waals surface area contributed by atoms with E-state index in [1.807, 2.05) is 25.3 Å². The number of aromatic nitrogens is 2. The van der Waals surface area contributed by atoms with Crippen LogP contribution in [0.25, 0.3) is 0 Å². The molecule has 0 N–H and O–H groups in total. The zero-order valence-electron chi connectivity index (χ0n) is 16.7. The number of hydrogen-bond acceptors (Lipinski definition) is 5. The summed E-state index contributed by atoms with van der Waals surface area (Å²) in [5.74, 6) is 2.73. The Bertz CT molecular complexity index is 949. The van der Waals surface area contributed by atoms with Crippen LogP contribution in [0, 0.1) is 12.8 Å². The van der Waals surface area contributed by atoms with Crippen LogP contribution in [0.2, 0.25) is 0 Å². The van der Waals surface area contributed by atoms with E-state index in [-0.39, 0.29) is 12.7 Å². The van der Waals surface area contributed by atoms with Crippen molar-refractivity contribution in [2.24, 2.45) is 5.92 Å². The third kappa shape index (κ3) is 2.74. The Morgan fingerprint density at radius 2 is 1.97 bits per heavy atom. The van der Waals surface area contributed by atoms with Gasteiger partial charge in [-0.05, 0) is 62.5 Å². The molecule has 4 fully saturated rings. The molecule has 7 nitrogen and oxygen atoms in total. The molecule has 0 aliphatic carbocycles. The van der Waals surface area contributed by atoms with E-state index >= 15 is 0 Å². The van der Waals surface area contributed by atoms with Crippen molar-refractivity contribution in [3.63, 3.8) is 0 Å². The van der Waals surface area contributed by atoms with Gasteiger partial charge in [-0.3, -0.25) is 14.4 Å². The lowest BCUT2D eigenvalue weighted by Gasteiger charge is -2.51. The molecule has 0 radical (unpaired) electrons. The van der Waals surface area contributed by atoms with Crippen molar-refractivity contribution in [3.8, 4) is 11.5 Å². The Hall–Kier alpha value is -2.54. The lowest BCUT2D eigenvalue weighted by atomic mass is 9.75. The predicted molar refractivity (Wildman–Crippen MR) is 106 cm³/mol. The highest BCUT2D eigenvalue weighted by molar-refractivity contribution is 5.77. The van der Waals surface area contributed by atoms with Crippen LogP contribution in [0.4, 0.5) is 0 Å². The number of carbonyl (C=O) groups excluding carboxylic acids is 1. The molecule has 5 aliphatic heterocycles. The summed E-state index contributed by atoms with van der Waals surface area (Å²) in [6.07, 6.45) is 4.28. The summed E-state index contributed by atoms with van der Waals surface area (Å²) in [5.41, 5.74) is 2.19. The normalized spacial score (nSPS) is 31.9. The van der Waals surface area contributed by atoms with Gasteiger partial charge in [0.15, 0.2) is 11.5 Å². The second kappa shape index (κ2) is 6.49. The molecule has 1 aromatic carbocycles. The van der Waals surface area contributed by atoms with Crippen LogP contribution in [0.5, 0.6) is 11.5 Å². The zero-order chi connectivity index (χ0) is 19.5. The van der Waals surface area contributed by atoms with E-state index < -0.39 is 0 Å². The van der Waals surface area contributed by atoms with Crippen molar-refractivity contribution in [3.05, 3.63) is 41.7 Å². The van der Waals surface area contributed by atoms with Gasteiger partial charge in [0.2, 0.25) is 12.7 Å². The van der Waals surface area contributed by atoms with E-state index in [0.29, 0.717) is 30.5 Å². The Balaban J connectivity index is 1.32. The lowest BCUT2D eigenvalue weighted by molar-refractivity contribution is -0.136. The third-order valence-electron chi connectivity index (χ3n) is 7.21. The van der Waals surface area contributed by atoms with Gasteiger partial charge in [0, 0.05) is 24.7 Å². The van der Waals surface area contributed by atoms with Crippen molar-refractivity contribution >= 4 is 5.91 Å². The van der Waals surface area contributed by atoms with Crippen LogP contribution < -0.4 is 9.47 Å². The van der Waals surface area contributed by atoms with Gasteiger partial charge < -0.3 is 14.4 Å². The van der Waals surface area contributed by atoms with Crippen molar-refractivity contribution in [1.29, 1.82) is 0 Å². The Kier molecular flexibility index (Phi) is 3.88. The summed E-state index contributed by atoms with van der Waals surface area (Å²) in [6, 6.07) is 8.94. The van der Waals surface area contributed by atoms with Crippen molar-refractivity contribution < 1.29 is 14.3 Å². The molecule has 4 saturated heterocycles. The summed E-state index contributed by atoms with van der Waals surface area (Å²) >= 11 is 0. The van der Waals surface area contributed by atoms with Crippen LogP contribution in [-0.4, -0.2) is 64.0 Å². The number of nitrogens with zero attached hydrogens (tertiary/aromatic N) is 4.